The molecule has 0 radical (unpaired) electrons. The Labute approximate surface area is 151 Å². The van der Waals surface area contributed by atoms with Gasteiger partial charge in [-0.25, -0.2) is 4.98 Å². The number of fused-ring (bicyclic) bond motifs is 1. The molecule has 1 atom stereocenters. The number of H-pyrrole nitrogens is 1. The molecule has 2 N–H and O–H groups in total. The third-order valence-corrected chi connectivity index (χ3v) is 4.86. The lowest BCUT2D eigenvalue weighted by Gasteiger charge is -2.41. The molecule has 0 bridgehead atoms. The highest BCUT2D eigenvalue weighted by Crippen LogP contribution is 2.23. The number of rotatable bonds is 3. The molecule has 0 saturated carbocycles. The highest BCUT2D eigenvalue weighted by molar-refractivity contribution is 6.05. The Morgan fingerprint density at radius 3 is 2.81 bits per heavy atom. The van der Waals surface area contributed by atoms with Gasteiger partial charge in [-0.05, 0) is 31.2 Å². The molecule has 1 amide bonds. The summed E-state index contributed by atoms with van der Waals surface area (Å²) in [6.07, 6.45) is 3.57. The van der Waals surface area contributed by atoms with Gasteiger partial charge in [0.15, 0.2) is 0 Å². The highest BCUT2D eigenvalue weighted by atomic mass is 16.3. The van der Waals surface area contributed by atoms with Crippen molar-refractivity contribution in [1.82, 2.24) is 19.9 Å². The maximum atomic E-state index is 13.1. The third kappa shape index (κ3) is 2.90. The van der Waals surface area contributed by atoms with Crippen LogP contribution in [0.5, 0.6) is 0 Å². The number of pyridine rings is 1. The number of carbonyl (C=O) groups excluding carboxylic acids is 1. The maximum Gasteiger partial charge on any atom is 0.256 e. The number of hydrogen-bond acceptors (Lipinski definition) is 5. The van der Waals surface area contributed by atoms with Crippen LogP contribution in [0, 0.1) is 0 Å². The summed E-state index contributed by atoms with van der Waals surface area (Å²) < 4.78 is 0. The number of amides is 1. The monoisotopic (exact) mass is 351 g/mol. The molecule has 3 aromatic rings. The van der Waals surface area contributed by atoms with E-state index < -0.39 is 0 Å². The summed E-state index contributed by atoms with van der Waals surface area (Å²) in [5, 5.41) is 9.30. The Hall–Kier alpha value is -2.93. The van der Waals surface area contributed by atoms with Crippen molar-refractivity contribution in [3.8, 4) is 0 Å². The molecule has 3 heterocycles. The number of piperazine rings is 1. The first-order valence-corrected chi connectivity index (χ1v) is 8.72. The van der Waals surface area contributed by atoms with Gasteiger partial charge in [-0.3, -0.25) is 9.78 Å². The van der Waals surface area contributed by atoms with Crippen LogP contribution in [0.25, 0.3) is 11.0 Å². The van der Waals surface area contributed by atoms with Crippen LogP contribution in [-0.4, -0.2) is 56.5 Å². The van der Waals surface area contributed by atoms with E-state index in [0.29, 0.717) is 23.4 Å². The van der Waals surface area contributed by atoms with Crippen LogP contribution in [0.2, 0.25) is 0 Å². The zero-order valence-corrected chi connectivity index (χ0v) is 14.6. The molecule has 134 valence electrons. The fourth-order valence-corrected chi connectivity index (χ4v) is 3.53. The van der Waals surface area contributed by atoms with E-state index in [9.17, 15) is 9.90 Å². The maximum absolute atomic E-state index is 13.1. The summed E-state index contributed by atoms with van der Waals surface area (Å²) >= 11 is 0. The lowest BCUT2D eigenvalue weighted by molar-refractivity contribution is 0.0676. The molecule has 1 fully saturated rings. The largest absolute Gasteiger partial charge is 0.388 e. The van der Waals surface area contributed by atoms with Gasteiger partial charge >= 0.3 is 0 Å². The van der Waals surface area contributed by atoms with Crippen molar-refractivity contribution >= 4 is 22.6 Å². The number of anilines is 1. The minimum atomic E-state index is -0.177. The number of aliphatic hydroxyl groups is 1. The van der Waals surface area contributed by atoms with Crippen LogP contribution in [0.4, 0.5) is 5.69 Å². The second kappa shape index (κ2) is 6.76. The fraction of sp³-hybridized carbons (Fsp3) is 0.316. The van der Waals surface area contributed by atoms with E-state index in [1.807, 2.05) is 29.2 Å². The lowest BCUT2D eigenvalue weighted by Crippen LogP contribution is -2.54. The summed E-state index contributed by atoms with van der Waals surface area (Å²) in [7, 11) is 0. The summed E-state index contributed by atoms with van der Waals surface area (Å²) in [4.78, 5) is 28.8. The van der Waals surface area contributed by atoms with Crippen molar-refractivity contribution in [1.29, 1.82) is 0 Å². The van der Waals surface area contributed by atoms with E-state index in [1.54, 1.807) is 18.5 Å². The van der Waals surface area contributed by atoms with Crippen molar-refractivity contribution in [2.75, 3.05) is 24.5 Å². The SMILES string of the molecule is CC1CN(c2ccncc2)CCN1C(=O)c1cccc2[nH]c(CO)nc12. The molecule has 1 aliphatic heterocycles. The van der Waals surface area contributed by atoms with Gasteiger partial charge in [0.2, 0.25) is 0 Å². The van der Waals surface area contributed by atoms with E-state index in [1.165, 1.54) is 0 Å². The first-order chi connectivity index (χ1) is 12.7. The van der Waals surface area contributed by atoms with Gasteiger partial charge in [-0.2, -0.15) is 0 Å². The van der Waals surface area contributed by atoms with Crippen LogP contribution in [-0.2, 0) is 6.61 Å². The molecule has 1 aliphatic rings. The first-order valence-electron chi connectivity index (χ1n) is 8.72. The Kier molecular flexibility index (Phi) is 4.30. The number of benzene rings is 1. The molecule has 4 rings (SSSR count). The van der Waals surface area contributed by atoms with E-state index >= 15 is 0 Å². The smallest absolute Gasteiger partial charge is 0.256 e. The quantitative estimate of drug-likeness (QED) is 0.752. The van der Waals surface area contributed by atoms with E-state index in [0.717, 1.165) is 24.3 Å². The zero-order valence-electron chi connectivity index (χ0n) is 14.6. The van der Waals surface area contributed by atoms with Crippen molar-refractivity contribution in [2.45, 2.75) is 19.6 Å². The predicted molar refractivity (Wildman–Crippen MR) is 99.0 cm³/mol. The summed E-state index contributed by atoms with van der Waals surface area (Å²) in [5.74, 6) is 0.448. The molecule has 1 unspecified atom stereocenters. The van der Waals surface area contributed by atoms with Crippen LogP contribution >= 0.6 is 0 Å². The molecule has 26 heavy (non-hydrogen) atoms. The number of hydrogen-bond donors (Lipinski definition) is 2. The van der Waals surface area contributed by atoms with Gasteiger partial charge in [0.1, 0.15) is 17.9 Å². The number of aromatic nitrogens is 3. The van der Waals surface area contributed by atoms with Gasteiger partial charge < -0.3 is 19.9 Å². The molecular formula is C19H21N5O2. The van der Waals surface area contributed by atoms with Gasteiger partial charge in [-0.15, -0.1) is 0 Å². The Morgan fingerprint density at radius 1 is 1.27 bits per heavy atom. The van der Waals surface area contributed by atoms with Gasteiger partial charge in [0, 0.05) is 43.8 Å². The van der Waals surface area contributed by atoms with Crippen LogP contribution in [0.3, 0.4) is 0 Å². The lowest BCUT2D eigenvalue weighted by atomic mass is 10.1. The number of aliphatic hydroxyl groups excluding tert-OH is 1. The fourth-order valence-electron chi connectivity index (χ4n) is 3.53. The van der Waals surface area contributed by atoms with E-state index in [4.69, 9.17) is 0 Å². The molecule has 7 nitrogen and oxygen atoms in total. The number of aromatic amines is 1. The van der Waals surface area contributed by atoms with Crippen molar-refractivity contribution < 1.29 is 9.90 Å². The number of para-hydroxylation sites is 1. The van der Waals surface area contributed by atoms with Crippen LogP contribution in [0.1, 0.15) is 23.1 Å². The first kappa shape index (κ1) is 16.5. The van der Waals surface area contributed by atoms with E-state index in [2.05, 4.69) is 26.8 Å². The summed E-state index contributed by atoms with van der Waals surface area (Å²) in [6, 6.07) is 9.57. The summed E-state index contributed by atoms with van der Waals surface area (Å²) in [5.41, 5.74) is 3.08. The molecule has 0 spiro atoms. The van der Waals surface area contributed by atoms with Crippen LogP contribution in [0.15, 0.2) is 42.7 Å². The predicted octanol–water partition coefficient (Wildman–Crippen LogP) is 1.80. The number of nitrogens with zero attached hydrogens (tertiary/aromatic N) is 4. The normalized spacial score (nSPS) is 17.7. The van der Waals surface area contributed by atoms with Crippen molar-refractivity contribution in [3.63, 3.8) is 0 Å². The second-order valence-electron chi connectivity index (χ2n) is 6.54. The molecule has 1 aromatic carbocycles. The summed E-state index contributed by atoms with van der Waals surface area (Å²) in [6.45, 7) is 4.08. The Morgan fingerprint density at radius 2 is 2.08 bits per heavy atom. The van der Waals surface area contributed by atoms with Gasteiger partial charge in [0.25, 0.3) is 5.91 Å². The average Bonchev–Trinajstić information content (AvgIpc) is 3.11. The topological polar surface area (TPSA) is 85.4 Å². The van der Waals surface area contributed by atoms with Gasteiger partial charge in [-0.1, -0.05) is 6.07 Å². The van der Waals surface area contributed by atoms with Crippen molar-refractivity contribution in [2.24, 2.45) is 0 Å². The highest BCUT2D eigenvalue weighted by Gasteiger charge is 2.29. The Balaban J connectivity index is 1.57. The number of nitrogens with one attached hydrogen (secondary N) is 1. The molecule has 2 aromatic heterocycles. The van der Waals surface area contributed by atoms with Crippen LogP contribution < -0.4 is 4.90 Å². The Bertz CT molecular complexity index is 924. The van der Waals surface area contributed by atoms with Crippen molar-refractivity contribution in [3.05, 3.63) is 54.1 Å². The molecule has 1 saturated heterocycles. The minimum absolute atomic E-state index is 0.0199. The average molecular weight is 351 g/mol. The minimum Gasteiger partial charge on any atom is -0.388 e. The number of carbonyl (C=O) groups is 1. The molecule has 7 heteroatoms. The molecule has 0 aliphatic carbocycles. The zero-order chi connectivity index (χ0) is 18.1. The van der Waals surface area contributed by atoms with E-state index in [-0.39, 0.29) is 18.6 Å². The number of imidazole rings is 1. The molecular weight excluding hydrogens is 330 g/mol. The standard InChI is InChI=1S/C19H21N5O2/c1-13-11-23(14-5-7-20-8-6-14)9-10-24(13)19(26)15-3-2-4-16-18(15)22-17(12-25)21-16/h2-8,13,25H,9-12H2,1H3,(H,21,22). The van der Waals surface area contributed by atoms with Gasteiger partial charge in [0.05, 0.1) is 11.1 Å². The second-order valence-corrected chi connectivity index (χ2v) is 6.54. The third-order valence-electron chi connectivity index (χ3n) is 4.86.